The monoisotopic (exact) mass is 395 g/mol. The minimum atomic E-state index is -0.578. The van der Waals surface area contributed by atoms with Gasteiger partial charge in [0.1, 0.15) is 18.2 Å². The number of fused-ring (bicyclic) bond motifs is 1. The van der Waals surface area contributed by atoms with Crippen LogP contribution in [0.1, 0.15) is 16.1 Å². The van der Waals surface area contributed by atoms with Crippen LogP contribution in [0.25, 0.3) is 4.96 Å². The van der Waals surface area contributed by atoms with Crippen molar-refractivity contribution in [3.05, 3.63) is 93.6 Å². The molecule has 8 heteroatoms. The van der Waals surface area contributed by atoms with Gasteiger partial charge in [-0.15, -0.1) is 11.3 Å². The van der Waals surface area contributed by atoms with Crippen LogP contribution in [0.5, 0.6) is 5.75 Å². The van der Waals surface area contributed by atoms with Crippen LogP contribution in [0.4, 0.5) is 10.1 Å². The van der Waals surface area contributed by atoms with E-state index in [-0.39, 0.29) is 17.7 Å². The highest BCUT2D eigenvalue weighted by atomic mass is 32.1. The van der Waals surface area contributed by atoms with E-state index in [1.807, 2.05) is 0 Å². The van der Waals surface area contributed by atoms with E-state index < -0.39 is 11.7 Å². The summed E-state index contributed by atoms with van der Waals surface area (Å²) in [6.45, 7) is 0.143. The number of ether oxygens (including phenoxy) is 1. The molecule has 4 aromatic rings. The SMILES string of the molecule is O=C(Nc1ccc(OCc2cc(=O)n3ccsc3n2)cc1)c1ccccc1F. The third-order valence-electron chi connectivity index (χ3n) is 3.97. The normalized spacial score (nSPS) is 10.8. The van der Waals surface area contributed by atoms with Crippen molar-refractivity contribution < 1.29 is 13.9 Å². The Morgan fingerprint density at radius 3 is 2.75 bits per heavy atom. The molecule has 2 heterocycles. The Bertz CT molecular complexity index is 1200. The number of nitrogens with zero attached hydrogens (tertiary/aromatic N) is 2. The van der Waals surface area contributed by atoms with E-state index in [0.29, 0.717) is 22.1 Å². The number of halogens is 1. The second-order valence-corrected chi connectivity index (χ2v) is 6.76. The summed E-state index contributed by atoms with van der Waals surface area (Å²) in [5.41, 5.74) is 0.863. The topological polar surface area (TPSA) is 72.7 Å². The highest BCUT2D eigenvalue weighted by molar-refractivity contribution is 7.15. The largest absolute Gasteiger partial charge is 0.487 e. The van der Waals surface area contributed by atoms with Crippen LogP contribution < -0.4 is 15.6 Å². The van der Waals surface area contributed by atoms with Gasteiger partial charge < -0.3 is 10.1 Å². The maximum absolute atomic E-state index is 13.7. The second-order valence-electron chi connectivity index (χ2n) is 5.89. The van der Waals surface area contributed by atoms with Gasteiger partial charge in [-0.25, -0.2) is 9.37 Å². The smallest absolute Gasteiger partial charge is 0.258 e. The number of nitrogens with one attached hydrogen (secondary N) is 1. The zero-order valence-corrected chi connectivity index (χ0v) is 15.3. The van der Waals surface area contributed by atoms with Crippen LogP contribution >= 0.6 is 11.3 Å². The maximum atomic E-state index is 13.7. The van der Waals surface area contributed by atoms with Gasteiger partial charge in [-0.3, -0.25) is 14.0 Å². The Morgan fingerprint density at radius 2 is 1.96 bits per heavy atom. The summed E-state index contributed by atoms with van der Waals surface area (Å²) in [6.07, 6.45) is 1.67. The molecule has 0 fully saturated rings. The Kier molecular flexibility index (Phi) is 4.86. The third-order valence-corrected chi connectivity index (χ3v) is 4.73. The predicted octanol–water partition coefficient (Wildman–Crippen LogP) is 3.73. The lowest BCUT2D eigenvalue weighted by molar-refractivity contribution is 0.102. The van der Waals surface area contributed by atoms with Crippen molar-refractivity contribution in [2.75, 3.05) is 5.32 Å². The standard InChI is InChI=1S/C20H14FN3O3S/c21-17-4-2-1-3-16(17)19(26)22-13-5-7-15(8-6-13)27-12-14-11-18(25)24-9-10-28-20(24)23-14/h1-11H,12H2,(H,22,26). The van der Waals surface area contributed by atoms with Gasteiger partial charge in [0.05, 0.1) is 11.3 Å². The third kappa shape index (κ3) is 3.77. The quantitative estimate of drug-likeness (QED) is 0.559. The molecule has 1 N–H and O–H groups in total. The fraction of sp³-hybridized carbons (Fsp3) is 0.0500. The molecule has 2 aromatic carbocycles. The molecule has 0 aliphatic carbocycles. The highest BCUT2D eigenvalue weighted by Crippen LogP contribution is 2.18. The molecule has 2 aromatic heterocycles. The number of aromatic nitrogens is 2. The van der Waals surface area contributed by atoms with E-state index in [0.717, 1.165) is 0 Å². The first-order valence-corrected chi connectivity index (χ1v) is 9.23. The number of thiazole rings is 1. The number of hydrogen-bond donors (Lipinski definition) is 1. The first kappa shape index (κ1) is 17.9. The lowest BCUT2D eigenvalue weighted by atomic mass is 10.2. The number of benzene rings is 2. The lowest BCUT2D eigenvalue weighted by Gasteiger charge is -2.09. The predicted molar refractivity (Wildman–Crippen MR) is 104 cm³/mol. The maximum Gasteiger partial charge on any atom is 0.258 e. The van der Waals surface area contributed by atoms with E-state index in [9.17, 15) is 14.0 Å². The number of anilines is 1. The second kappa shape index (κ2) is 7.61. The minimum absolute atomic E-state index is 0.0239. The summed E-state index contributed by atoms with van der Waals surface area (Å²) >= 11 is 1.37. The molecule has 6 nitrogen and oxygen atoms in total. The van der Waals surface area contributed by atoms with Crippen LogP contribution in [0.15, 0.2) is 71.0 Å². The molecular weight excluding hydrogens is 381 g/mol. The number of carbonyl (C=O) groups excluding carboxylic acids is 1. The van der Waals surface area contributed by atoms with Gasteiger partial charge in [-0.1, -0.05) is 12.1 Å². The molecule has 1 amide bonds. The lowest BCUT2D eigenvalue weighted by Crippen LogP contribution is -2.14. The molecule has 0 saturated heterocycles. The molecule has 0 radical (unpaired) electrons. The van der Waals surface area contributed by atoms with Crippen LogP contribution in [-0.2, 0) is 6.61 Å². The van der Waals surface area contributed by atoms with Gasteiger partial charge in [0.25, 0.3) is 11.5 Å². The molecule has 0 spiro atoms. The van der Waals surface area contributed by atoms with Crippen molar-refractivity contribution in [3.63, 3.8) is 0 Å². The van der Waals surface area contributed by atoms with Crippen LogP contribution in [0.2, 0.25) is 0 Å². The summed E-state index contributed by atoms with van der Waals surface area (Å²) in [4.78, 5) is 29.1. The van der Waals surface area contributed by atoms with Crippen molar-refractivity contribution in [3.8, 4) is 5.75 Å². The number of amides is 1. The number of rotatable bonds is 5. The van der Waals surface area contributed by atoms with Crippen molar-refractivity contribution in [1.29, 1.82) is 0 Å². The van der Waals surface area contributed by atoms with Gasteiger partial charge in [0.2, 0.25) is 0 Å². The van der Waals surface area contributed by atoms with Gasteiger partial charge >= 0.3 is 0 Å². The Hall–Kier alpha value is -3.52. The summed E-state index contributed by atoms with van der Waals surface area (Å²) in [6, 6.07) is 13.9. The molecule has 4 rings (SSSR count). The van der Waals surface area contributed by atoms with Crippen LogP contribution in [-0.4, -0.2) is 15.3 Å². The molecule has 0 saturated carbocycles. The Morgan fingerprint density at radius 1 is 1.18 bits per heavy atom. The summed E-state index contributed by atoms with van der Waals surface area (Å²) in [7, 11) is 0. The molecule has 28 heavy (non-hydrogen) atoms. The van der Waals surface area contributed by atoms with E-state index in [1.54, 1.807) is 41.9 Å². The minimum Gasteiger partial charge on any atom is -0.487 e. The molecule has 0 bridgehead atoms. The Balaban J connectivity index is 1.41. The molecule has 0 aliphatic rings. The van der Waals surface area contributed by atoms with E-state index in [1.165, 1.54) is 40.0 Å². The zero-order valence-electron chi connectivity index (χ0n) is 14.5. The molecular formula is C20H14FN3O3S. The zero-order chi connectivity index (χ0) is 19.5. The molecule has 0 aliphatic heterocycles. The van der Waals surface area contributed by atoms with Gasteiger partial charge in [-0.2, -0.15) is 0 Å². The highest BCUT2D eigenvalue weighted by Gasteiger charge is 2.11. The fourth-order valence-electron chi connectivity index (χ4n) is 2.60. The number of hydrogen-bond acceptors (Lipinski definition) is 5. The molecule has 0 unspecified atom stereocenters. The average Bonchev–Trinajstić information content (AvgIpc) is 3.17. The van der Waals surface area contributed by atoms with Gasteiger partial charge in [-0.05, 0) is 36.4 Å². The molecule has 0 atom stereocenters. The van der Waals surface area contributed by atoms with Crippen molar-refractivity contribution in [2.24, 2.45) is 0 Å². The summed E-state index contributed by atoms with van der Waals surface area (Å²) < 4.78 is 20.8. The van der Waals surface area contributed by atoms with E-state index in [4.69, 9.17) is 4.74 Å². The van der Waals surface area contributed by atoms with Crippen molar-refractivity contribution >= 4 is 27.9 Å². The fourth-order valence-corrected chi connectivity index (χ4v) is 3.34. The van der Waals surface area contributed by atoms with E-state index >= 15 is 0 Å². The average molecular weight is 395 g/mol. The first-order chi connectivity index (χ1) is 13.6. The van der Waals surface area contributed by atoms with Gasteiger partial charge in [0, 0.05) is 23.3 Å². The number of carbonyl (C=O) groups is 1. The van der Waals surface area contributed by atoms with Crippen molar-refractivity contribution in [2.45, 2.75) is 6.61 Å². The van der Waals surface area contributed by atoms with E-state index in [2.05, 4.69) is 10.3 Å². The van der Waals surface area contributed by atoms with Gasteiger partial charge in [0.15, 0.2) is 4.96 Å². The summed E-state index contributed by atoms with van der Waals surface area (Å²) in [5.74, 6) is -0.552. The Labute approximate surface area is 162 Å². The first-order valence-electron chi connectivity index (χ1n) is 8.35. The molecule has 140 valence electrons. The summed E-state index contributed by atoms with van der Waals surface area (Å²) in [5, 5.41) is 4.43. The van der Waals surface area contributed by atoms with Crippen molar-refractivity contribution in [1.82, 2.24) is 9.38 Å². The van der Waals surface area contributed by atoms with Crippen LogP contribution in [0.3, 0.4) is 0 Å². The van der Waals surface area contributed by atoms with Crippen LogP contribution in [0, 0.1) is 5.82 Å².